The van der Waals surface area contributed by atoms with Crippen molar-refractivity contribution in [1.29, 1.82) is 0 Å². The maximum absolute atomic E-state index is 14.6. The molecule has 3 heterocycles. The number of aromatic amines is 1. The predicted molar refractivity (Wildman–Crippen MR) is 180 cm³/mol. The standard InChI is InChI=1S/C37H43N5O4/c1-40(2)23-25-19-28-20-30(46-3)13-14-34(28)42(24-25)37(45)33(21-29-22-38-32-12-8-7-11-31(29)32)39-35(43)26-15-17-41(18-16-26)36(44)27-9-5-4-6-10-27/h4-14,20,22,25-26,33,38H,15-19,21,23-24H2,1-3H3,(H,39,43)/t25-,33-/m1/s1. The molecule has 240 valence electrons. The number of methoxy groups -OCH3 is 1. The molecule has 0 unspecified atom stereocenters. The fourth-order valence-electron chi connectivity index (χ4n) is 7.00. The largest absolute Gasteiger partial charge is 0.497 e. The molecule has 2 aliphatic rings. The quantitative estimate of drug-likeness (QED) is 0.287. The Bertz CT molecular complexity index is 1690. The van der Waals surface area contributed by atoms with Gasteiger partial charge in [0.15, 0.2) is 0 Å². The van der Waals surface area contributed by atoms with Gasteiger partial charge < -0.3 is 29.7 Å². The van der Waals surface area contributed by atoms with Crippen molar-refractivity contribution < 1.29 is 19.1 Å². The Hall–Kier alpha value is -4.63. The third kappa shape index (κ3) is 6.79. The number of ether oxygens (including phenoxy) is 1. The fourth-order valence-corrected chi connectivity index (χ4v) is 7.00. The lowest BCUT2D eigenvalue weighted by Gasteiger charge is -2.38. The minimum atomic E-state index is -0.760. The normalized spacial score (nSPS) is 17.5. The first-order valence-electron chi connectivity index (χ1n) is 16.1. The van der Waals surface area contributed by atoms with Crippen LogP contribution < -0.4 is 15.0 Å². The van der Waals surface area contributed by atoms with Crippen LogP contribution in [0.4, 0.5) is 5.69 Å². The van der Waals surface area contributed by atoms with Gasteiger partial charge in [0.05, 0.1) is 7.11 Å². The molecule has 2 N–H and O–H groups in total. The van der Waals surface area contributed by atoms with Crippen molar-refractivity contribution in [2.45, 2.75) is 31.7 Å². The van der Waals surface area contributed by atoms with Crippen LogP contribution in [0.3, 0.4) is 0 Å². The molecule has 0 aliphatic carbocycles. The number of carbonyl (C=O) groups excluding carboxylic acids is 3. The van der Waals surface area contributed by atoms with Gasteiger partial charge >= 0.3 is 0 Å². The molecule has 1 aromatic heterocycles. The van der Waals surface area contributed by atoms with E-state index < -0.39 is 6.04 Å². The average molecular weight is 622 g/mol. The summed E-state index contributed by atoms with van der Waals surface area (Å²) in [6.07, 6.45) is 4.24. The summed E-state index contributed by atoms with van der Waals surface area (Å²) in [5.74, 6) is 0.441. The van der Waals surface area contributed by atoms with E-state index >= 15 is 0 Å². The molecule has 3 amide bonds. The molecule has 3 aromatic carbocycles. The first kappa shape index (κ1) is 31.4. The van der Waals surface area contributed by atoms with Crippen molar-refractivity contribution in [3.05, 3.63) is 95.7 Å². The third-order valence-electron chi connectivity index (χ3n) is 9.30. The summed E-state index contributed by atoms with van der Waals surface area (Å²) >= 11 is 0. The number of benzene rings is 3. The van der Waals surface area contributed by atoms with Gasteiger partial charge in [-0.1, -0.05) is 36.4 Å². The molecule has 9 heteroatoms. The molecule has 46 heavy (non-hydrogen) atoms. The number of rotatable bonds is 9. The Morgan fingerprint density at radius 3 is 2.48 bits per heavy atom. The second kappa shape index (κ2) is 13.8. The highest BCUT2D eigenvalue weighted by Gasteiger charge is 2.36. The van der Waals surface area contributed by atoms with Crippen LogP contribution in [0.25, 0.3) is 10.9 Å². The van der Waals surface area contributed by atoms with Crippen LogP contribution >= 0.6 is 0 Å². The molecule has 9 nitrogen and oxygen atoms in total. The maximum atomic E-state index is 14.6. The number of aromatic nitrogens is 1. The van der Waals surface area contributed by atoms with Gasteiger partial charge in [-0.25, -0.2) is 0 Å². The Morgan fingerprint density at radius 2 is 1.74 bits per heavy atom. The van der Waals surface area contributed by atoms with E-state index in [9.17, 15) is 14.4 Å². The fraction of sp³-hybridized carbons (Fsp3) is 0.378. The van der Waals surface area contributed by atoms with Gasteiger partial charge in [0.2, 0.25) is 11.8 Å². The molecule has 0 bridgehead atoms. The van der Waals surface area contributed by atoms with Crippen LogP contribution in [0.1, 0.15) is 34.3 Å². The second-order valence-electron chi connectivity index (χ2n) is 12.8. The smallest absolute Gasteiger partial charge is 0.253 e. The number of amides is 3. The van der Waals surface area contributed by atoms with Crippen LogP contribution in [-0.2, 0) is 22.4 Å². The lowest BCUT2D eigenvalue weighted by atomic mass is 9.90. The number of H-pyrrole nitrogens is 1. The number of hydrogen-bond donors (Lipinski definition) is 2. The molecule has 0 spiro atoms. The third-order valence-corrected chi connectivity index (χ3v) is 9.30. The minimum absolute atomic E-state index is 0.0143. The SMILES string of the molecule is COc1ccc2c(c1)C[C@H](CN(C)C)CN2C(=O)[C@@H](Cc1c[nH]c2ccccc12)NC(=O)C1CCN(C(=O)c2ccccc2)CC1. The van der Waals surface area contributed by atoms with Crippen LogP contribution in [-0.4, -0.2) is 85.9 Å². The van der Waals surface area contributed by atoms with Crippen LogP contribution in [0.5, 0.6) is 5.75 Å². The molecule has 2 atom stereocenters. The van der Waals surface area contributed by atoms with Crippen molar-refractivity contribution in [3.63, 3.8) is 0 Å². The Kier molecular flexibility index (Phi) is 9.40. The number of hydrogen-bond acceptors (Lipinski definition) is 5. The number of anilines is 1. The van der Waals surface area contributed by atoms with E-state index in [1.54, 1.807) is 7.11 Å². The molecular formula is C37H43N5O4. The Labute approximate surface area is 270 Å². The van der Waals surface area contributed by atoms with Crippen LogP contribution in [0.2, 0.25) is 0 Å². The highest BCUT2D eigenvalue weighted by atomic mass is 16.5. The average Bonchev–Trinajstić information content (AvgIpc) is 3.49. The lowest BCUT2D eigenvalue weighted by Crippen LogP contribution is -2.54. The number of nitrogens with one attached hydrogen (secondary N) is 2. The second-order valence-corrected chi connectivity index (χ2v) is 12.8. The topological polar surface area (TPSA) is 98.0 Å². The molecular weight excluding hydrogens is 578 g/mol. The minimum Gasteiger partial charge on any atom is -0.497 e. The highest BCUT2D eigenvalue weighted by molar-refractivity contribution is 6.01. The van der Waals surface area contributed by atoms with Gasteiger partial charge in [-0.15, -0.1) is 0 Å². The number of carbonyl (C=O) groups is 3. The van der Waals surface area contributed by atoms with E-state index in [1.807, 2.05) is 103 Å². The van der Waals surface area contributed by atoms with Crippen molar-refractivity contribution in [1.82, 2.24) is 20.1 Å². The number of para-hydroxylation sites is 1. The molecule has 2 aliphatic heterocycles. The van der Waals surface area contributed by atoms with Gasteiger partial charge in [-0.3, -0.25) is 14.4 Å². The molecule has 4 aromatic rings. The van der Waals surface area contributed by atoms with E-state index in [0.717, 1.165) is 46.4 Å². The van der Waals surface area contributed by atoms with Crippen molar-refractivity contribution >= 4 is 34.3 Å². The first-order valence-corrected chi connectivity index (χ1v) is 16.1. The number of piperidine rings is 1. The van der Waals surface area contributed by atoms with Crippen molar-refractivity contribution in [2.24, 2.45) is 11.8 Å². The van der Waals surface area contributed by atoms with Crippen molar-refractivity contribution in [3.8, 4) is 5.75 Å². The molecule has 0 radical (unpaired) electrons. The summed E-state index contributed by atoms with van der Waals surface area (Å²) < 4.78 is 5.52. The summed E-state index contributed by atoms with van der Waals surface area (Å²) in [5, 5.41) is 4.23. The maximum Gasteiger partial charge on any atom is 0.253 e. The molecule has 1 fully saturated rings. The summed E-state index contributed by atoms with van der Waals surface area (Å²) in [7, 11) is 5.75. The van der Waals surface area contributed by atoms with Crippen molar-refractivity contribution in [2.75, 3.05) is 52.3 Å². The zero-order chi connectivity index (χ0) is 32.2. The van der Waals surface area contributed by atoms with Gasteiger partial charge in [0.1, 0.15) is 11.8 Å². The number of nitrogens with zero attached hydrogens (tertiary/aromatic N) is 3. The van der Waals surface area contributed by atoms with Gasteiger partial charge in [0.25, 0.3) is 5.91 Å². The van der Waals surface area contributed by atoms with E-state index in [4.69, 9.17) is 4.74 Å². The number of fused-ring (bicyclic) bond motifs is 2. The highest BCUT2D eigenvalue weighted by Crippen LogP contribution is 2.34. The van der Waals surface area contributed by atoms with Crippen LogP contribution in [0.15, 0.2) is 79.0 Å². The van der Waals surface area contributed by atoms with Gasteiger partial charge in [-0.2, -0.15) is 0 Å². The molecule has 6 rings (SSSR count). The van der Waals surface area contributed by atoms with Gasteiger partial charge in [0, 0.05) is 66.9 Å². The van der Waals surface area contributed by atoms with Crippen LogP contribution in [0, 0.1) is 11.8 Å². The monoisotopic (exact) mass is 621 g/mol. The molecule has 0 saturated carbocycles. The number of likely N-dealkylation sites (tertiary alicyclic amines) is 1. The Morgan fingerprint density at radius 1 is 1.00 bits per heavy atom. The summed E-state index contributed by atoms with van der Waals surface area (Å²) in [4.78, 5) is 50.6. The van der Waals surface area contributed by atoms with E-state index in [1.165, 1.54) is 0 Å². The lowest BCUT2D eigenvalue weighted by molar-refractivity contribution is -0.131. The summed E-state index contributed by atoms with van der Waals surface area (Å²) in [5.41, 5.74) is 4.56. The zero-order valence-electron chi connectivity index (χ0n) is 26.9. The summed E-state index contributed by atoms with van der Waals surface area (Å²) in [6, 6.07) is 22.4. The van der Waals surface area contributed by atoms with Gasteiger partial charge in [-0.05, 0) is 86.8 Å². The zero-order valence-corrected chi connectivity index (χ0v) is 26.9. The predicted octanol–water partition coefficient (Wildman–Crippen LogP) is 4.52. The summed E-state index contributed by atoms with van der Waals surface area (Å²) in [6.45, 7) is 2.40. The van der Waals surface area contributed by atoms with E-state index in [-0.39, 0.29) is 29.6 Å². The molecule has 1 saturated heterocycles. The van der Waals surface area contributed by atoms with E-state index in [2.05, 4.69) is 15.2 Å². The first-order chi connectivity index (χ1) is 22.3. The van der Waals surface area contributed by atoms with E-state index in [0.29, 0.717) is 44.5 Å². The Balaban J connectivity index is 1.24.